The van der Waals surface area contributed by atoms with Crippen LogP contribution in [0, 0.1) is 0 Å². The molecule has 0 saturated heterocycles. The van der Waals surface area contributed by atoms with E-state index in [1.807, 2.05) is 12.4 Å². The maximum Gasteiger partial charge on any atom is 0.0546 e. The third-order valence-electron chi connectivity index (χ3n) is 2.50. The Balaban J connectivity index is 2.26. The number of aliphatic hydroxyl groups is 1. The summed E-state index contributed by atoms with van der Waals surface area (Å²) in [5.74, 6) is 0. The van der Waals surface area contributed by atoms with Crippen molar-refractivity contribution in [3.8, 4) is 0 Å². The maximum absolute atomic E-state index is 9.44. The predicted molar refractivity (Wildman–Crippen MR) is 46.9 cm³/mol. The summed E-state index contributed by atoms with van der Waals surface area (Å²) in [5.41, 5.74) is 2.68. The van der Waals surface area contributed by atoms with Crippen LogP contribution in [-0.2, 0) is 12.8 Å². The van der Waals surface area contributed by atoms with Gasteiger partial charge < -0.3 is 5.11 Å². The van der Waals surface area contributed by atoms with E-state index in [1.165, 1.54) is 11.1 Å². The van der Waals surface area contributed by atoms with Gasteiger partial charge in [-0.1, -0.05) is 0 Å². The minimum atomic E-state index is -0.114. The van der Waals surface area contributed by atoms with Gasteiger partial charge in [0.1, 0.15) is 0 Å². The van der Waals surface area contributed by atoms with Crippen molar-refractivity contribution in [1.82, 2.24) is 4.98 Å². The molecule has 0 saturated carbocycles. The second kappa shape index (κ2) is 3.23. The van der Waals surface area contributed by atoms with Crippen LogP contribution in [-0.4, -0.2) is 16.2 Å². The molecule has 64 valence electrons. The Morgan fingerprint density at radius 3 is 2.83 bits per heavy atom. The first-order chi connectivity index (χ1) is 5.86. The van der Waals surface area contributed by atoms with Crippen molar-refractivity contribution in [2.75, 3.05) is 0 Å². The van der Waals surface area contributed by atoms with Crippen LogP contribution in [0.1, 0.15) is 24.0 Å². The van der Waals surface area contributed by atoms with E-state index in [0.717, 1.165) is 25.7 Å². The van der Waals surface area contributed by atoms with E-state index in [-0.39, 0.29) is 6.10 Å². The molecule has 0 bridgehead atoms. The van der Waals surface area contributed by atoms with E-state index in [1.54, 1.807) is 0 Å². The van der Waals surface area contributed by atoms with Crippen molar-refractivity contribution in [3.05, 3.63) is 29.6 Å². The molecule has 1 aromatic rings. The Labute approximate surface area is 72.3 Å². The van der Waals surface area contributed by atoms with Crippen LogP contribution >= 0.6 is 0 Å². The highest BCUT2D eigenvalue weighted by molar-refractivity contribution is 5.24. The number of hydrogen-bond acceptors (Lipinski definition) is 2. The highest BCUT2D eigenvalue weighted by atomic mass is 16.3. The summed E-state index contributed by atoms with van der Waals surface area (Å²) in [5, 5.41) is 9.44. The van der Waals surface area contributed by atoms with E-state index in [0.29, 0.717) is 0 Å². The Kier molecular flexibility index (Phi) is 2.09. The van der Waals surface area contributed by atoms with E-state index in [2.05, 4.69) is 11.1 Å². The Morgan fingerprint density at radius 2 is 2.00 bits per heavy atom. The number of fused-ring (bicyclic) bond motifs is 1. The zero-order valence-corrected chi connectivity index (χ0v) is 7.03. The molecule has 1 N–H and O–H groups in total. The van der Waals surface area contributed by atoms with Crippen molar-refractivity contribution < 1.29 is 5.11 Å². The molecule has 1 atom stereocenters. The fourth-order valence-electron chi connectivity index (χ4n) is 1.71. The third kappa shape index (κ3) is 1.48. The van der Waals surface area contributed by atoms with Crippen LogP contribution in [0.3, 0.4) is 0 Å². The fourth-order valence-corrected chi connectivity index (χ4v) is 1.71. The standard InChI is InChI=1S/C10H13NO/c12-10-3-1-8-5-6-11-7-9(8)2-4-10/h5-7,10,12H,1-4H2/t10-/m0/s1. The topological polar surface area (TPSA) is 33.1 Å². The monoisotopic (exact) mass is 163 g/mol. The average Bonchev–Trinajstić information content (AvgIpc) is 2.29. The van der Waals surface area contributed by atoms with Gasteiger partial charge in [0.2, 0.25) is 0 Å². The van der Waals surface area contributed by atoms with Crippen LogP contribution < -0.4 is 0 Å². The highest BCUT2D eigenvalue weighted by Gasteiger charge is 2.12. The van der Waals surface area contributed by atoms with Gasteiger partial charge in [0, 0.05) is 12.4 Å². The molecule has 2 nitrogen and oxygen atoms in total. The van der Waals surface area contributed by atoms with Crippen LogP contribution in [0.2, 0.25) is 0 Å². The molecule has 2 rings (SSSR count). The molecule has 0 aliphatic heterocycles. The number of pyridine rings is 1. The largest absolute Gasteiger partial charge is 0.393 e. The summed E-state index contributed by atoms with van der Waals surface area (Å²) in [6, 6.07) is 2.06. The molecule has 12 heavy (non-hydrogen) atoms. The maximum atomic E-state index is 9.44. The van der Waals surface area contributed by atoms with Crippen LogP contribution in [0.5, 0.6) is 0 Å². The summed E-state index contributed by atoms with van der Waals surface area (Å²) in [4.78, 5) is 4.08. The summed E-state index contributed by atoms with van der Waals surface area (Å²) in [6.07, 6.45) is 7.40. The molecule has 0 radical (unpaired) electrons. The lowest BCUT2D eigenvalue weighted by molar-refractivity contribution is 0.158. The van der Waals surface area contributed by atoms with Crippen molar-refractivity contribution in [2.45, 2.75) is 31.8 Å². The number of aryl methyl sites for hydroxylation is 2. The van der Waals surface area contributed by atoms with Crippen LogP contribution in [0.15, 0.2) is 18.5 Å². The first-order valence-corrected chi connectivity index (χ1v) is 4.46. The zero-order chi connectivity index (χ0) is 8.39. The molecule has 0 aromatic carbocycles. The molecule has 0 fully saturated rings. The third-order valence-corrected chi connectivity index (χ3v) is 2.50. The molecule has 1 aromatic heterocycles. The Bertz CT molecular complexity index is 245. The van der Waals surface area contributed by atoms with Gasteiger partial charge in [-0.2, -0.15) is 0 Å². The van der Waals surface area contributed by atoms with Gasteiger partial charge in [0.25, 0.3) is 0 Å². The van der Waals surface area contributed by atoms with Gasteiger partial charge in [-0.15, -0.1) is 0 Å². The molecule has 0 unspecified atom stereocenters. The molecule has 2 heteroatoms. The van der Waals surface area contributed by atoms with Gasteiger partial charge in [-0.25, -0.2) is 0 Å². The summed E-state index contributed by atoms with van der Waals surface area (Å²) < 4.78 is 0. The quantitative estimate of drug-likeness (QED) is 0.585. The predicted octanol–water partition coefficient (Wildman–Crippen LogP) is 1.32. The van der Waals surface area contributed by atoms with E-state index in [4.69, 9.17) is 0 Å². The minimum Gasteiger partial charge on any atom is -0.393 e. The summed E-state index contributed by atoms with van der Waals surface area (Å²) in [7, 11) is 0. The van der Waals surface area contributed by atoms with Gasteiger partial charge >= 0.3 is 0 Å². The van der Waals surface area contributed by atoms with E-state index < -0.39 is 0 Å². The Morgan fingerprint density at radius 1 is 1.25 bits per heavy atom. The van der Waals surface area contributed by atoms with Gasteiger partial charge in [-0.05, 0) is 42.9 Å². The average molecular weight is 163 g/mol. The molecule has 1 heterocycles. The molecule has 0 spiro atoms. The van der Waals surface area contributed by atoms with Crippen molar-refractivity contribution >= 4 is 0 Å². The number of nitrogens with zero attached hydrogens (tertiary/aromatic N) is 1. The lowest BCUT2D eigenvalue weighted by atomic mass is 10.1. The lowest BCUT2D eigenvalue weighted by Crippen LogP contribution is -2.05. The molecular weight excluding hydrogens is 150 g/mol. The zero-order valence-electron chi connectivity index (χ0n) is 7.03. The van der Waals surface area contributed by atoms with Gasteiger partial charge in [0.05, 0.1) is 6.10 Å². The molecule has 1 aliphatic rings. The smallest absolute Gasteiger partial charge is 0.0546 e. The Hall–Kier alpha value is -0.890. The molecule has 0 amide bonds. The van der Waals surface area contributed by atoms with Crippen LogP contribution in [0.4, 0.5) is 0 Å². The summed E-state index contributed by atoms with van der Waals surface area (Å²) in [6.45, 7) is 0. The SMILES string of the molecule is O[C@H]1CCc2ccncc2CC1. The minimum absolute atomic E-state index is 0.114. The van der Waals surface area contributed by atoms with Gasteiger partial charge in [0.15, 0.2) is 0 Å². The first-order valence-electron chi connectivity index (χ1n) is 4.46. The number of rotatable bonds is 0. The lowest BCUT2D eigenvalue weighted by Gasteiger charge is -2.02. The second-order valence-corrected chi connectivity index (χ2v) is 3.38. The van der Waals surface area contributed by atoms with Gasteiger partial charge in [-0.3, -0.25) is 4.98 Å². The van der Waals surface area contributed by atoms with Crippen molar-refractivity contribution in [1.29, 1.82) is 0 Å². The molecular formula is C10H13NO. The van der Waals surface area contributed by atoms with E-state index >= 15 is 0 Å². The molecule has 1 aliphatic carbocycles. The summed E-state index contributed by atoms with van der Waals surface area (Å²) >= 11 is 0. The normalized spacial score (nSPS) is 22.9. The van der Waals surface area contributed by atoms with Crippen molar-refractivity contribution in [2.24, 2.45) is 0 Å². The first kappa shape index (κ1) is 7.74. The van der Waals surface area contributed by atoms with Crippen LogP contribution in [0.25, 0.3) is 0 Å². The highest BCUT2D eigenvalue weighted by Crippen LogP contribution is 2.19. The van der Waals surface area contributed by atoms with E-state index in [9.17, 15) is 5.11 Å². The van der Waals surface area contributed by atoms with Crippen molar-refractivity contribution in [3.63, 3.8) is 0 Å². The fraction of sp³-hybridized carbons (Fsp3) is 0.500. The second-order valence-electron chi connectivity index (χ2n) is 3.38. The number of aromatic nitrogens is 1. The number of hydrogen-bond donors (Lipinski definition) is 1. The number of aliphatic hydroxyl groups excluding tert-OH is 1.